The van der Waals surface area contributed by atoms with Gasteiger partial charge in [-0.15, -0.1) is 22.1 Å². The van der Waals surface area contributed by atoms with Gasteiger partial charge in [0.05, 0.1) is 22.8 Å². The number of fused-ring (bicyclic) bond motifs is 8. The average Bonchev–Trinajstić information content (AvgIpc) is 3.64. The Labute approximate surface area is 283 Å². The van der Waals surface area contributed by atoms with E-state index in [1.54, 1.807) is 12.2 Å². The molecule has 0 unspecified atom stereocenters. The Morgan fingerprint density at radius 1 is 0.804 bits per heavy atom. The van der Waals surface area contributed by atoms with E-state index >= 15 is 0 Å². The van der Waals surface area contributed by atoms with Crippen LogP contribution in [0.15, 0.2) is 43.5 Å². The van der Waals surface area contributed by atoms with Crippen molar-refractivity contribution in [3.63, 3.8) is 0 Å². The van der Waals surface area contributed by atoms with Crippen LogP contribution in [-0.4, -0.2) is 32.1 Å². The molecule has 0 atom stereocenters. The minimum absolute atomic E-state index is 0. The number of hydrogen-bond donors (Lipinski definition) is 2. The van der Waals surface area contributed by atoms with E-state index in [2.05, 4.69) is 25.8 Å². The van der Waals surface area contributed by atoms with Gasteiger partial charge in [-0.3, -0.25) is 9.59 Å². The standard InChI is InChI=1S/C34H34N4O4.CHNS.Fe/c1-7-21-17(3)25-13-26-19(5)23(9-11-33(39)40)31(37-26)16-32-24(10-12-34(41)42)20(6)28(38-32)15-30-22(8-2)18(4)27(36-30)14-29(21)35-25;2-1-3;/h7-8,13-16H,1-2,9-12H2,3-6H3,(H4,35,36,37,38,39,40,41,42);3H;/q;;+3/p-3. The third kappa shape index (κ3) is 7.21. The van der Waals surface area contributed by atoms with Crippen molar-refractivity contribution < 1.29 is 36.9 Å². The number of carboxylic acids is 2. The molecule has 0 spiro atoms. The molecule has 11 heteroatoms. The summed E-state index contributed by atoms with van der Waals surface area (Å²) in [7, 11) is 0. The third-order valence-corrected chi connectivity index (χ3v) is 8.06. The van der Waals surface area contributed by atoms with E-state index in [-0.39, 0.29) is 29.9 Å². The number of nitrogens with zero attached hydrogens (tertiary/aromatic N) is 5. The summed E-state index contributed by atoms with van der Waals surface area (Å²) in [5, 5.41) is 27.3. The molecule has 0 amide bonds. The van der Waals surface area contributed by atoms with Gasteiger partial charge < -0.3 is 32.8 Å². The van der Waals surface area contributed by atoms with E-state index in [0.29, 0.717) is 40.8 Å². The minimum Gasteiger partial charge on any atom is -0.696 e. The summed E-state index contributed by atoms with van der Waals surface area (Å²) in [5.74, 6) is -1.80. The second kappa shape index (κ2) is 15.0. The van der Waals surface area contributed by atoms with Crippen molar-refractivity contribution in [3.05, 3.63) is 88.5 Å². The number of thiocyanates is 1. The molecule has 0 aromatic carbocycles. The molecule has 0 saturated heterocycles. The first kappa shape index (κ1) is 35.7. The maximum absolute atomic E-state index is 11.5. The Balaban J connectivity index is 0.00000139. The summed E-state index contributed by atoms with van der Waals surface area (Å²) in [6.45, 7) is 15.9. The van der Waals surface area contributed by atoms with Crippen LogP contribution in [0.4, 0.5) is 0 Å². The van der Waals surface area contributed by atoms with Crippen LogP contribution in [0.25, 0.3) is 50.4 Å². The van der Waals surface area contributed by atoms with Gasteiger partial charge >= 0.3 is 29.0 Å². The Kier molecular flexibility index (Phi) is 11.7. The minimum atomic E-state index is -0.898. The van der Waals surface area contributed by atoms with Crippen LogP contribution in [0, 0.1) is 24.5 Å². The number of aryl methyl sites for hydroxylation is 3. The summed E-state index contributed by atoms with van der Waals surface area (Å²) in [5.41, 5.74) is 12.6. The zero-order valence-corrected chi connectivity index (χ0v) is 27.8. The van der Waals surface area contributed by atoms with Crippen molar-refractivity contribution in [2.45, 2.75) is 53.4 Å². The van der Waals surface area contributed by atoms with Gasteiger partial charge in [0, 0.05) is 18.4 Å². The number of hydrogen-bond acceptors (Lipinski definition) is 6. The molecule has 2 aliphatic rings. The van der Waals surface area contributed by atoms with Gasteiger partial charge in [0.25, 0.3) is 0 Å². The molecule has 5 rings (SSSR count). The maximum atomic E-state index is 11.5. The Hall–Kier alpha value is -4.75. The van der Waals surface area contributed by atoms with Crippen molar-refractivity contribution in [2.24, 2.45) is 0 Å². The predicted molar refractivity (Wildman–Crippen MR) is 179 cm³/mol. The zero-order chi connectivity index (χ0) is 33.0. The number of carbonyl (C=O) groups is 2. The van der Waals surface area contributed by atoms with E-state index in [1.807, 2.05) is 52.0 Å². The fraction of sp³-hybridized carbons (Fsp3) is 0.229. The summed E-state index contributed by atoms with van der Waals surface area (Å²) < 4.78 is 0. The first-order valence-electron chi connectivity index (χ1n) is 14.2. The van der Waals surface area contributed by atoms with Crippen LogP contribution >= 0.6 is 0 Å². The van der Waals surface area contributed by atoms with Gasteiger partial charge in [-0.2, -0.15) is 0 Å². The molecule has 0 saturated carbocycles. The van der Waals surface area contributed by atoms with Crippen molar-refractivity contribution in [1.82, 2.24) is 19.9 Å². The van der Waals surface area contributed by atoms with Gasteiger partial charge in [-0.05, 0) is 62.8 Å². The normalized spacial score (nSPS) is 12.1. The molecule has 2 N–H and O–H groups in total. The number of rotatable bonds is 8. The maximum Gasteiger partial charge on any atom is 3.00 e. The van der Waals surface area contributed by atoms with Crippen LogP contribution in [0.5, 0.6) is 0 Å². The molecule has 235 valence electrons. The van der Waals surface area contributed by atoms with E-state index in [1.165, 1.54) is 5.40 Å². The average molecular weight is 675 g/mol. The van der Waals surface area contributed by atoms with E-state index in [0.717, 1.165) is 61.5 Å². The Morgan fingerprint density at radius 3 is 1.91 bits per heavy atom. The first-order chi connectivity index (χ1) is 21.4. The third-order valence-electron chi connectivity index (χ3n) is 8.06. The Morgan fingerprint density at radius 2 is 1.30 bits per heavy atom. The van der Waals surface area contributed by atoms with E-state index in [9.17, 15) is 19.8 Å². The predicted octanol–water partition coefficient (Wildman–Crippen LogP) is 6.77. The molecule has 0 fully saturated rings. The summed E-state index contributed by atoms with van der Waals surface area (Å²) in [4.78, 5) is 42.7. The molecule has 46 heavy (non-hydrogen) atoms. The molecular formula is C35H32FeN5O4S. The van der Waals surface area contributed by atoms with Gasteiger partial charge in [-0.1, -0.05) is 71.7 Å². The molecule has 9 nitrogen and oxygen atoms in total. The quantitative estimate of drug-likeness (QED) is 0.149. The fourth-order valence-corrected chi connectivity index (χ4v) is 5.61. The fourth-order valence-electron chi connectivity index (χ4n) is 5.61. The molecule has 2 aliphatic heterocycles. The second-order valence-corrected chi connectivity index (χ2v) is 10.9. The monoisotopic (exact) mass is 674 g/mol. The first-order valence-corrected chi connectivity index (χ1v) is 14.6. The topological polar surface area (TPSA) is 152 Å². The molecule has 1 radical (unpaired) electrons. The van der Waals surface area contributed by atoms with Gasteiger partial charge in [0.15, 0.2) is 0 Å². The van der Waals surface area contributed by atoms with E-state index < -0.39 is 11.9 Å². The number of carboxylic acid groups (broad SMARTS) is 2. The number of allylic oxidation sites excluding steroid dienone is 5. The van der Waals surface area contributed by atoms with Crippen LogP contribution in [0.3, 0.4) is 0 Å². The Bertz CT molecular complexity index is 2030. The summed E-state index contributed by atoms with van der Waals surface area (Å²) >= 11 is 3.70. The van der Waals surface area contributed by atoms with Crippen molar-refractivity contribution in [2.75, 3.05) is 0 Å². The smallest absolute Gasteiger partial charge is 0.696 e. The second-order valence-electron chi connectivity index (χ2n) is 10.7. The van der Waals surface area contributed by atoms with Crippen molar-refractivity contribution >= 4 is 75.0 Å². The summed E-state index contributed by atoms with van der Waals surface area (Å²) in [6.07, 6.45) is 4.06. The van der Waals surface area contributed by atoms with Gasteiger partial charge in [0.2, 0.25) is 0 Å². The van der Waals surface area contributed by atoms with Crippen molar-refractivity contribution in [1.29, 1.82) is 5.26 Å². The zero-order valence-electron chi connectivity index (χ0n) is 25.9. The SMILES string of the molecule is C=CC1=C(C)c2cc3[n-]c(cc4nc(cc5[n-]c(cc1n2)c(C)c5C=C)C(C)=C4CCC(=O)O)c(CCC(=O)O)c3C.N#C[S-].[Fe+3]. The number of nitriles is 1. The van der Waals surface area contributed by atoms with E-state index in [4.69, 9.17) is 25.2 Å². The molecule has 8 bridgehead atoms. The molecule has 3 aromatic heterocycles. The summed E-state index contributed by atoms with van der Waals surface area (Å²) in [6, 6.07) is 7.62. The van der Waals surface area contributed by atoms with Crippen LogP contribution in [0.1, 0.15) is 78.1 Å². The van der Waals surface area contributed by atoms with Crippen LogP contribution < -0.4 is 9.97 Å². The van der Waals surface area contributed by atoms with Crippen LogP contribution in [-0.2, 0) is 45.7 Å². The van der Waals surface area contributed by atoms with Crippen molar-refractivity contribution in [3.8, 4) is 5.40 Å². The van der Waals surface area contributed by atoms with Gasteiger partial charge in [0.1, 0.15) is 0 Å². The molecular weight excluding hydrogens is 642 g/mol. The molecule has 0 aliphatic carbocycles. The molecule has 5 heterocycles. The number of aromatic nitrogens is 4. The van der Waals surface area contributed by atoms with Crippen LogP contribution in [0.2, 0.25) is 0 Å². The largest absolute Gasteiger partial charge is 3.00 e. The van der Waals surface area contributed by atoms with Gasteiger partial charge in [-0.25, -0.2) is 15.2 Å². The molecule has 3 aromatic rings. The number of aliphatic carboxylic acids is 2.